The molecule has 1 aromatic heterocycles. The molecule has 0 unspecified atom stereocenters. The van der Waals surface area contributed by atoms with E-state index in [-0.39, 0.29) is 11.9 Å². The molecule has 1 saturated heterocycles. The number of amides is 3. The zero-order valence-corrected chi connectivity index (χ0v) is 13.9. The van der Waals surface area contributed by atoms with Crippen molar-refractivity contribution in [1.29, 1.82) is 0 Å². The van der Waals surface area contributed by atoms with Crippen LogP contribution in [0.15, 0.2) is 48.8 Å². The van der Waals surface area contributed by atoms with E-state index < -0.39 is 6.04 Å². The minimum Gasteiger partial charge on any atom is -0.497 e. The average molecular weight is 340 g/mol. The van der Waals surface area contributed by atoms with Gasteiger partial charge in [-0.2, -0.15) is 0 Å². The first-order valence-electron chi connectivity index (χ1n) is 8.10. The van der Waals surface area contributed by atoms with Crippen LogP contribution in [0.3, 0.4) is 0 Å². The lowest BCUT2D eigenvalue weighted by Gasteiger charge is -2.24. The second kappa shape index (κ2) is 7.65. The number of nitrogens with zero attached hydrogens (tertiary/aromatic N) is 2. The molecule has 0 spiro atoms. The van der Waals surface area contributed by atoms with Crippen LogP contribution in [0.5, 0.6) is 5.75 Å². The molecular weight excluding hydrogens is 320 g/mol. The van der Waals surface area contributed by atoms with Crippen molar-refractivity contribution in [3.05, 3.63) is 48.8 Å². The van der Waals surface area contributed by atoms with Crippen LogP contribution >= 0.6 is 0 Å². The zero-order chi connectivity index (χ0) is 17.6. The van der Waals surface area contributed by atoms with Crippen molar-refractivity contribution in [3.63, 3.8) is 0 Å². The Balaban J connectivity index is 1.63. The molecule has 1 aliphatic rings. The van der Waals surface area contributed by atoms with Gasteiger partial charge in [0.25, 0.3) is 0 Å². The van der Waals surface area contributed by atoms with Crippen molar-refractivity contribution in [3.8, 4) is 5.75 Å². The fourth-order valence-electron chi connectivity index (χ4n) is 2.81. The van der Waals surface area contributed by atoms with Crippen LogP contribution in [0, 0.1) is 0 Å². The number of ether oxygens (including phenoxy) is 1. The molecular formula is C18H20N4O3. The van der Waals surface area contributed by atoms with E-state index in [1.807, 2.05) is 0 Å². The highest BCUT2D eigenvalue weighted by atomic mass is 16.5. The third-order valence-electron chi connectivity index (χ3n) is 4.09. The highest BCUT2D eigenvalue weighted by Crippen LogP contribution is 2.21. The van der Waals surface area contributed by atoms with Gasteiger partial charge in [-0.15, -0.1) is 0 Å². The van der Waals surface area contributed by atoms with Crippen LogP contribution in [-0.2, 0) is 4.79 Å². The first kappa shape index (κ1) is 16.8. The molecule has 25 heavy (non-hydrogen) atoms. The van der Waals surface area contributed by atoms with Gasteiger partial charge in [0.15, 0.2) is 0 Å². The standard InChI is InChI=1S/C18H20N4O3/c1-25-15-8-6-13(7-9-15)20-17(23)16-5-3-11-22(16)18(24)21-14-4-2-10-19-12-14/h2,4,6-10,12,16H,3,5,11H2,1H3,(H,20,23)(H,21,24)/t16-/m1/s1. The van der Waals surface area contributed by atoms with E-state index in [4.69, 9.17) is 4.74 Å². The largest absolute Gasteiger partial charge is 0.497 e. The fourth-order valence-corrected chi connectivity index (χ4v) is 2.81. The summed E-state index contributed by atoms with van der Waals surface area (Å²) in [5, 5.41) is 5.63. The van der Waals surface area contributed by atoms with E-state index in [1.165, 1.54) is 0 Å². The lowest BCUT2D eigenvalue weighted by atomic mass is 10.2. The number of hydrogen-bond donors (Lipinski definition) is 2. The van der Waals surface area contributed by atoms with Crippen molar-refractivity contribution in [2.75, 3.05) is 24.3 Å². The van der Waals surface area contributed by atoms with Gasteiger partial charge in [0.1, 0.15) is 11.8 Å². The van der Waals surface area contributed by atoms with Crippen LogP contribution < -0.4 is 15.4 Å². The highest BCUT2D eigenvalue weighted by molar-refractivity contribution is 5.99. The van der Waals surface area contributed by atoms with Gasteiger partial charge in [0, 0.05) is 18.4 Å². The lowest BCUT2D eigenvalue weighted by molar-refractivity contribution is -0.119. The Bertz CT molecular complexity index is 734. The summed E-state index contributed by atoms with van der Waals surface area (Å²) < 4.78 is 5.10. The zero-order valence-electron chi connectivity index (χ0n) is 13.9. The Kier molecular flexibility index (Phi) is 5.13. The van der Waals surface area contributed by atoms with Crippen molar-refractivity contribution < 1.29 is 14.3 Å². The summed E-state index contributed by atoms with van der Waals surface area (Å²) in [6, 6.07) is 9.81. The van der Waals surface area contributed by atoms with E-state index in [2.05, 4.69) is 15.6 Å². The molecule has 2 N–H and O–H groups in total. The summed E-state index contributed by atoms with van der Waals surface area (Å²) in [6.07, 6.45) is 4.64. The Hall–Kier alpha value is -3.09. The number of carbonyl (C=O) groups is 2. The van der Waals surface area contributed by atoms with E-state index in [9.17, 15) is 9.59 Å². The van der Waals surface area contributed by atoms with Gasteiger partial charge < -0.3 is 20.3 Å². The number of anilines is 2. The van der Waals surface area contributed by atoms with Crippen molar-refractivity contribution >= 4 is 23.3 Å². The van der Waals surface area contributed by atoms with Gasteiger partial charge in [0.2, 0.25) is 5.91 Å². The van der Waals surface area contributed by atoms with Crippen molar-refractivity contribution in [2.24, 2.45) is 0 Å². The number of rotatable bonds is 4. The van der Waals surface area contributed by atoms with Gasteiger partial charge in [0.05, 0.1) is 19.0 Å². The number of nitrogens with one attached hydrogen (secondary N) is 2. The molecule has 0 bridgehead atoms. The molecule has 1 aliphatic heterocycles. The van der Waals surface area contributed by atoms with Gasteiger partial charge in [-0.05, 0) is 49.2 Å². The number of benzene rings is 1. The van der Waals surface area contributed by atoms with Crippen LogP contribution in [0.1, 0.15) is 12.8 Å². The third kappa shape index (κ3) is 4.06. The average Bonchev–Trinajstić information content (AvgIpc) is 3.13. The summed E-state index contributed by atoms with van der Waals surface area (Å²) in [7, 11) is 1.59. The lowest BCUT2D eigenvalue weighted by Crippen LogP contribution is -2.45. The first-order chi connectivity index (χ1) is 12.2. The summed E-state index contributed by atoms with van der Waals surface area (Å²) in [4.78, 5) is 30.5. The van der Waals surface area contributed by atoms with Crippen molar-refractivity contribution in [2.45, 2.75) is 18.9 Å². The third-order valence-corrected chi connectivity index (χ3v) is 4.09. The molecule has 130 valence electrons. The normalized spacial score (nSPS) is 16.4. The maximum atomic E-state index is 12.6. The summed E-state index contributed by atoms with van der Waals surface area (Å²) in [5.74, 6) is 0.528. The van der Waals surface area contributed by atoms with Crippen molar-refractivity contribution in [1.82, 2.24) is 9.88 Å². The molecule has 1 atom stereocenters. The predicted molar refractivity (Wildman–Crippen MR) is 94.6 cm³/mol. The smallest absolute Gasteiger partial charge is 0.322 e. The Morgan fingerprint density at radius 1 is 1.16 bits per heavy atom. The molecule has 1 fully saturated rings. The Morgan fingerprint density at radius 3 is 2.64 bits per heavy atom. The number of hydrogen-bond acceptors (Lipinski definition) is 4. The minimum absolute atomic E-state index is 0.191. The molecule has 2 aromatic rings. The molecule has 2 heterocycles. The van der Waals surface area contributed by atoms with Crippen LogP contribution in [-0.4, -0.2) is 41.5 Å². The number of carbonyl (C=O) groups excluding carboxylic acids is 2. The van der Waals surface area contributed by atoms with E-state index >= 15 is 0 Å². The molecule has 3 amide bonds. The predicted octanol–water partition coefficient (Wildman–Crippen LogP) is 2.73. The topological polar surface area (TPSA) is 83.6 Å². The number of methoxy groups -OCH3 is 1. The SMILES string of the molecule is COc1ccc(NC(=O)[C@H]2CCCN2C(=O)Nc2cccnc2)cc1. The molecule has 1 aromatic carbocycles. The molecule has 7 nitrogen and oxygen atoms in total. The van der Waals surface area contributed by atoms with Crippen LogP contribution in [0.2, 0.25) is 0 Å². The number of likely N-dealkylation sites (tertiary alicyclic amines) is 1. The second-order valence-electron chi connectivity index (χ2n) is 5.74. The summed E-state index contributed by atoms with van der Waals surface area (Å²) in [6.45, 7) is 0.548. The number of aromatic nitrogens is 1. The quantitative estimate of drug-likeness (QED) is 0.896. The van der Waals surface area contributed by atoms with E-state index in [0.717, 1.165) is 12.2 Å². The Morgan fingerprint density at radius 2 is 1.96 bits per heavy atom. The van der Waals surface area contributed by atoms with Gasteiger partial charge in [-0.3, -0.25) is 9.78 Å². The monoisotopic (exact) mass is 340 g/mol. The van der Waals surface area contributed by atoms with E-state index in [1.54, 1.807) is 60.8 Å². The Labute approximate surface area is 146 Å². The molecule has 0 aliphatic carbocycles. The molecule has 7 heteroatoms. The van der Waals surface area contributed by atoms with E-state index in [0.29, 0.717) is 24.3 Å². The number of pyridine rings is 1. The van der Waals surface area contributed by atoms with Gasteiger partial charge >= 0.3 is 6.03 Å². The summed E-state index contributed by atoms with van der Waals surface area (Å²) >= 11 is 0. The van der Waals surface area contributed by atoms with Crippen LogP contribution in [0.25, 0.3) is 0 Å². The fraction of sp³-hybridized carbons (Fsp3) is 0.278. The molecule has 0 radical (unpaired) electrons. The molecule has 3 rings (SSSR count). The van der Waals surface area contributed by atoms with Crippen LogP contribution in [0.4, 0.5) is 16.2 Å². The minimum atomic E-state index is -0.487. The maximum Gasteiger partial charge on any atom is 0.322 e. The molecule has 0 saturated carbocycles. The van der Waals surface area contributed by atoms with Gasteiger partial charge in [-0.25, -0.2) is 4.79 Å². The maximum absolute atomic E-state index is 12.6. The second-order valence-corrected chi connectivity index (χ2v) is 5.74. The highest BCUT2D eigenvalue weighted by Gasteiger charge is 2.34. The number of urea groups is 1. The summed E-state index contributed by atoms with van der Waals surface area (Å²) in [5.41, 5.74) is 1.28. The van der Waals surface area contributed by atoms with Gasteiger partial charge in [-0.1, -0.05) is 0 Å². The first-order valence-corrected chi connectivity index (χ1v) is 8.10.